The lowest BCUT2D eigenvalue weighted by molar-refractivity contribution is -0.141. The number of aliphatic hydroxyl groups excluding tert-OH is 1. The molecule has 1 atom stereocenters. The molecule has 0 bridgehead atoms. The van der Waals surface area contributed by atoms with Crippen molar-refractivity contribution in [2.45, 2.75) is 38.8 Å². The number of ether oxygens (including phenoxy) is 1. The number of hydrogen-bond donors (Lipinski definition) is 1. The molecule has 0 unspecified atom stereocenters. The van der Waals surface area contributed by atoms with Crippen LogP contribution < -0.4 is 9.64 Å². The van der Waals surface area contributed by atoms with Crippen LogP contribution in [0.15, 0.2) is 24.3 Å². The van der Waals surface area contributed by atoms with E-state index in [4.69, 9.17) is 4.74 Å². The van der Waals surface area contributed by atoms with Crippen LogP contribution in [0.3, 0.4) is 0 Å². The number of aryl methyl sites for hydroxylation is 1. The van der Waals surface area contributed by atoms with Gasteiger partial charge in [0.25, 0.3) is 5.91 Å². The Morgan fingerprint density at radius 1 is 1.14 bits per heavy atom. The maximum Gasteiger partial charge on any atom is 0.256 e. The standard InChI is InChI=1S/C21H26N4O3/c1-14-22-18-13-25(12-9-17(18)20(23-14)24-10-3-4-11-24)21(27)19(26)15-5-7-16(28-2)8-6-15/h5-8,19,26H,3-4,9-13H2,1-2H3/t19-/m1/s1. The Kier molecular flexibility index (Phi) is 5.17. The third-order valence-electron chi connectivity index (χ3n) is 5.54. The Morgan fingerprint density at radius 2 is 1.86 bits per heavy atom. The second kappa shape index (κ2) is 7.75. The minimum Gasteiger partial charge on any atom is -0.497 e. The van der Waals surface area contributed by atoms with Crippen molar-refractivity contribution in [2.24, 2.45) is 0 Å². The second-order valence-corrected chi connectivity index (χ2v) is 7.40. The van der Waals surface area contributed by atoms with E-state index in [0.29, 0.717) is 30.8 Å². The molecule has 1 aromatic heterocycles. The quantitative estimate of drug-likeness (QED) is 0.872. The van der Waals surface area contributed by atoms with Crippen molar-refractivity contribution >= 4 is 11.7 Å². The van der Waals surface area contributed by atoms with Gasteiger partial charge in [-0.15, -0.1) is 0 Å². The van der Waals surface area contributed by atoms with Crippen LogP contribution in [0.1, 0.15) is 41.6 Å². The molecule has 0 aliphatic carbocycles. The van der Waals surface area contributed by atoms with Gasteiger partial charge in [-0.3, -0.25) is 4.79 Å². The van der Waals surface area contributed by atoms with Crippen molar-refractivity contribution in [3.63, 3.8) is 0 Å². The molecule has 3 heterocycles. The molecule has 2 aliphatic rings. The summed E-state index contributed by atoms with van der Waals surface area (Å²) in [5, 5.41) is 10.6. The van der Waals surface area contributed by atoms with Gasteiger partial charge in [-0.1, -0.05) is 12.1 Å². The average Bonchev–Trinajstić information content (AvgIpc) is 3.26. The molecule has 1 N–H and O–H groups in total. The van der Waals surface area contributed by atoms with Crippen LogP contribution >= 0.6 is 0 Å². The molecule has 1 aromatic carbocycles. The van der Waals surface area contributed by atoms with E-state index in [2.05, 4.69) is 14.9 Å². The van der Waals surface area contributed by atoms with Gasteiger partial charge in [0.15, 0.2) is 6.10 Å². The maximum atomic E-state index is 12.9. The molecule has 1 saturated heterocycles. The molecule has 7 nitrogen and oxygen atoms in total. The first-order valence-corrected chi connectivity index (χ1v) is 9.79. The Morgan fingerprint density at radius 3 is 2.54 bits per heavy atom. The van der Waals surface area contributed by atoms with E-state index >= 15 is 0 Å². The minimum atomic E-state index is -1.19. The zero-order valence-corrected chi connectivity index (χ0v) is 16.4. The normalized spacial score (nSPS) is 17.4. The lowest BCUT2D eigenvalue weighted by Gasteiger charge is -2.32. The number of rotatable bonds is 4. The molecule has 4 rings (SSSR count). The maximum absolute atomic E-state index is 12.9. The summed E-state index contributed by atoms with van der Waals surface area (Å²) in [6, 6.07) is 6.93. The summed E-state index contributed by atoms with van der Waals surface area (Å²) in [5.41, 5.74) is 2.61. The number of carbonyl (C=O) groups is 1. The monoisotopic (exact) mass is 382 g/mol. The number of hydrogen-bond acceptors (Lipinski definition) is 6. The molecule has 1 fully saturated rings. The molecule has 0 spiro atoms. The number of aromatic nitrogens is 2. The van der Waals surface area contributed by atoms with Gasteiger partial charge >= 0.3 is 0 Å². The fraction of sp³-hybridized carbons (Fsp3) is 0.476. The summed E-state index contributed by atoms with van der Waals surface area (Å²) >= 11 is 0. The second-order valence-electron chi connectivity index (χ2n) is 7.40. The molecule has 28 heavy (non-hydrogen) atoms. The summed E-state index contributed by atoms with van der Waals surface area (Å²) in [5.74, 6) is 2.15. The van der Waals surface area contributed by atoms with Crippen LogP contribution in [0.5, 0.6) is 5.75 Å². The Bertz CT molecular complexity index is 863. The Balaban J connectivity index is 1.53. The Labute approximate surface area is 165 Å². The molecule has 2 aromatic rings. The van der Waals surface area contributed by atoms with Crippen molar-refractivity contribution in [3.05, 3.63) is 46.9 Å². The van der Waals surface area contributed by atoms with E-state index in [-0.39, 0.29) is 5.91 Å². The van der Waals surface area contributed by atoms with Crippen LogP contribution in [-0.4, -0.2) is 52.6 Å². The SMILES string of the molecule is COc1ccc([C@@H](O)C(=O)N2CCc3c(nc(C)nc3N3CCCC3)C2)cc1. The van der Waals surface area contributed by atoms with Crippen molar-refractivity contribution in [2.75, 3.05) is 31.6 Å². The average molecular weight is 382 g/mol. The fourth-order valence-corrected chi connectivity index (χ4v) is 4.01. The predicted octanol–water partition coefficient (Wildman–Crippen LogP) is 2.01. The zero-order chi connectivity index (χ0) is 19.7. The molecule has 0 radical (unpaired) electrons. The molecular weight excluding hydrogens is 356 g/mol. The van der Waals surface area contributed by atoms with Gasteiger partial charge < -0.3 is 19.6 Å². The highest BCUT2D eigenvalue weighted by Crippen LogP contribution is 2.30. The Hall–Kier alpha value is -2.67. The van der Waals surface area contributed by atoms with Crippen LogP contribution in [0, 0.1) is 6.92 Å². The van der Waals surface area contributed by atoms with Crippen molar-refractivity contribution < 1.29 is 14.6 Å². The van der Waals surface area contributed by atoms with Crippen molar-refractivity contribution in [3.8, 4) is 5.75 Å². The van der Waals surface area contributed by atoms with Gasteiger partial charge in [-0.25, -0.2) is 9.97 Å². The van der Waals surface area contributed by atoms with E-state index in [1.807, 2.05) is 6.92 Å². The molecular formula is C21H26N4O3. The third kappa shape index (κ3) is 3.54. The molecule has 1 amide bonds. The predicted molar refractivity (Wildman–Crippen MR) is 105 cm³/mol. The molecule has 7 heteroatoms. The summed E-state index contributed by atoms with van der Waals surface area (Å²) < 4.78 is 5.13. The van der Waals surface area contributed by atoms with Crippen LogP contribution in [-0.2, 0) is 17.8 Å². The highest BCUT2D eigenvalue weighted by molar-refractivity contribution is 5.82. The fourth-order valence-electron chi connectivity index (χ4n) is 4.01. The first-order chi connectivity index (χ1) is 13.6. The van der Waals surface area contributed by atoms with Gasteiger partial charge in [0.2, 0.25) is 0 Å². The van der Waals surface area contributed by atoms with Crippen molar-refractivity contribution in [1.82, 2.24) is 14.9 Å². The van der Waals surface area contributed by atoms with Gasteiger partial charge in [0.1, 0.15) is 17.4 Å². The summed E-state index contributed by atoms with van der Waals surface area (Å²) in [6.45, 7) is 4.92. The highest BCUT2D eigenvalue weighted by atomic mass is 16.5. The van der Waals surface area contributed by atoms with Gasteiger partial charge in [-0.05, 0) is 43.9 Å². The number of fused-ring (bicyclic) bond motifs is 1. The molecule has 2 aliphatic heterocycles. The van der Waals surface area contributed by atoms with Crippen LogP contribution in [0.25, 0.3) is 0 Å². The van der Waals surface area contributed by atoms with E-state index in [1.165, 1.54) is 12.8 Å². The third-order valence-corrected chi connectivity index (χ3v) is 5.54. The highest BCUT2D eigenvalue weighted by Gasteiger charge is 2.30. The number of carbonyl (C=O) groups excluding carboxylic acids is 1. The number of anilines is 1. The largest absolute Gasteiger partial charge is 0.497 e. The zero-order valence-electron chi connectivity index (χ0n) is 16.4. The number of nitrogens with zero attached hydrogens (tertiary/aromatic N) is 4. The van der Waals surface area contributed by atoms with Crippen LogP contribution in [0.4, 0.5) is 5.82 Å². The molecule has 0 saturated carbocycles. The van der Waals surface area contributed by atoms with E-state index in [1.54, 1.807) is 36.3 Å². The number of methoxy groups -OCH3 is 1. The number of benzene rings is 1. The lowest BCUT2D eigenvalue weighted by Crippen LogP contribution is -2.40. The first kappa shape index (κ1) is 18.7. The molecule has 148 valence electrons. The topological polar surface area (TPSA) is 78.8 Å². The smallest absolute Gasteiger partial charge is 0.256 e. The minimum absolute atomic E-state index is 0.296. The summed E-state index contributed by atoms with van der Waals surface area (Å²) in [7, 11) is 1.59. The van der Waals surface area contributed by atoms with Gasteiger partial charge in [-0.2, -0.15) is 0 Å². The summed E-state index contributed by atoms with van der Waals surface area (Å²) in [4.78, 5) is 26.2. The lowest BCUT2D eigenvalue weighted by atomic mass is 10.0. The van der Waals surface area contributed by atoms with Gasteiger partial charge in [0, 0.05) is 25.2 Å². The first-order valence-electron chi connectivity index (χ1n) is 9.79. The summed E-state index contributed by atoms with van der Waals surface area (Å²) in [6.07, 6.45) is 1.91. The number of amides is 1. The van der Waals surface area contributed by atoms with E-state index < -0.39 is 6.10 Å². The van der Waals surface area contributed by atoms with E-state index in [9.17, 15) is 9.90 Å². The van der Waals surface area contributed by atoms with Gasteiger partial charge in [0.05, 0.1) is 19.3 Å². The van der Waals surface area contributed by atoms with E-state index in [0.717, 1.165) is 36.0 Å². The number of aliphatic hydroxyl groups is 1. The van der Waals surface area contributed by atoms with Crippen molar-refractivity contribution in [1.29, 1.82) is 0 Å². The van der Waals surface area contributed by atoms with Crippen LogP contribution in [0.2, 0.25) is 0 Å².